The van der Waals surface area contributed by atoms with Gasteiger partial charge >= 0.3 is 6.03 Å². The molecule has 0 spiro atoms. The van der Waals surface area contributed by atoms with E-state index in [1.54, 1.807) is 23.4 Å². The number of urea groups is 1. The number of amides is 2. The lowest BCUT2D eigenvalue weighted by Crippen LogP contribution is -2.53. The number of anilines is 2. The molecule has 2 aromatic heterocycles. The molecule has 1 fully saturated rings. The first-order chi connectivity index (χ1) is 13.5. The summed E-state index contributed by atoms with van der Waals surface area (Å²) < 4.78 is 13.4. The van der Waals surface area contributed by atoms with Gasteiger partial charge in [-0.25, -0.2) is 19.2 Å². The van der Waals surface area contributed by atoms with Crippen molar-refractivity contribution in [1.82, 2.24) is 19.9 Å². The first-order valence-electron chi connectivity index (χ1n) is 9.35. The Morgan fingerprint density at radius 1 is 1.36 bits per heavy atom. The molecule has 0 saturated carbocycles. The molecule has 28 heavy (non-hydrogen) atoms. The van der Waals surface area contributed by atoms with E-state index >= 15 is 0 Å². The second-order valence-electron chi connectivity index (χ2n) is 7.27. The number of fused-ring (bicyclic) bond motifs is 1. The second kappa shape index (κ2) is 7.46. The van der Waals surface area contributed by atoms with Crippen molar-refractivity contribution < 1.29 is 9.18 Å². The SMILES string of the molecule is CC1CCN(C(=O)Nc2cccc(F)c2)CC1N(C)c1ncnc2[nH]ccc12. The smallest absolute Gasteiger partial charge is 0.321 e. The normalized spacial score (nSPS) is 19.6. The van der Waals surface area contributed by atoms with Crippen LogP contribution >= 0.6 is 0 Å². The molecular weight excluding hydrogens is 359 g/mol. The van der Waals surface area contributed by atoms with E-state index in [4.69, 9.17) is 0 Å². The van der Waals surface area contributed by atoms with Gasteiger partial charge in [-0.2, -0.15) is 0 Å². The molecule has 2 atom stereocenters. The molecule has 146 valence electrons. The molecule has 0 radical (unpaired) electrons. The third kappa shape index (κ3) is 3.49. The van der Waals surface area contributed by atoms with Crippen molar-refractivity contribution in [3.05, 3.63) is 48.7 Å². The number of nitrogens with zero attached hydrogens (tertiary/aromatic N) is 4. The molecule has 1 saturated heterocycles. The number of benzene rings is 1. The first kappa shape index (κ1) is 18.2. The van der Waals surface area contributed by atoms with Gasteiger partial charge in [0.1, 0.15) is 23.6 Å². The Kier molecular flexibility index (Phi) is 4.85. The van der Waals surface area contributed by atoms with E-state index in [0.717, 1.165) is 23.3 Å². The number of nitrogens with one attached hydrogen (secondary N) is 2. The average Bonchev–Trinajstić information content (AvgIpc) is 3.16. The number of aromatic amines is 1. The van der Waals surface area contributed by atoms with E-state index in [9.17, 15) is 9.18 Å². The fraction of sp³-hybridized carbons (Fsp3) is 0.350. The van der Waals surface area contributed by atoms with E-state index < -0.39 is 0 Å². The number of likely N-dealkylation sites (N-methyl/N-ethyl adjacent to an activating group) is 1. The largest absolute Gasteiger partial charge is 0.354 e. The molecular formula is C20H23FN6O. The van der Waals surface area contributed by atoms with Crippen LogP contribution in [0.5, 0.6) is 0 Å². The van der Waals surface area contributed by atoms with E-state index in [-0.39, 0.29) is 17.9 Å². The second-order valence-corrected chi connectivity index (χ2v) is 7.27. The molecule has 1 aliphatic heterocycles. The van der Waals surface area contributed by atoms with E-state index in [0.29, 0.717) is 24.7 Å². The van der Waals surface area contributed by atoms with Gasteiger partial charge in [-0.3, -0.25) is 0 Å². The molecule has 1 aliphatic rings. The van der Waals surface area contributed by atoms with Crippen LogP contribution in [0.3, 0.4) is 0 Å². The molecule has 2 N–H and O–H groups in total. The van der Waals surface area contributed by atoms with Crippen LogP contribution in [-0.4, -0.2) is 52.1 Å². The van der Waals surface area contributed by atoms with Crippen molar-refractivity contribution in [1.29, 1.82) is 0 Å². The maximum Gasteiger partial charge on any atom is 0.321 e. The van der Waals surface area contributed by atoms with Crippen LogP contribution in [0.15, 0.2) is 42.9 Å². The number of hydrogen-bond acceptors (Lipinski definition) is 4. The van der Waals surface area contributed by atoms with Crippen molar-refractivity contribution >= 4 is 28.6 Å². The third-order valence-electron chi connectivity index (χ3n) is 5.45. The summed E-state index contributed by atoms with van der Waals surface area (Å²) in [5.41, 5.74) is 1.25. The Balaban J connectivity index is 1.51. The van der Waals surface area contributed by atoms with Gasteiger partial charge in [-0.1, -0.05) is 13.0 Å². The lowest BCUT2D eigenvalue weighted by molar-refractivity contribution is 0.172. The summed E-state index contributed by atoms with van der Waals surface area (Å²) in [7, 11) is 2.00. The highest BCUT2D eigenvalue weighted by atomic mass is 19.1. The van der Waals surface area contributed by atoms with Gasteiger partial charge in [-0.15, -0.1) is 0 Å². The number of likely N-dealkylation sites (tertiary alicyclic amines) is 1. The third-order valence-corrected chi connectivity index (χ3v) is 5.45. The number of carbonyl (C=O) groups excluding carboxylic acids is 1. The standard InChI is InChI=1S/C20H23FN6O/c1-13-7-9-27(20(28)25-15-5-3-4-14(21)10-15)11-17(13)26(2)19-16-6-8-22-18(16)23-12-24-19/h3-6,8,10,12-13,17H,7,9,11H2,1-2H3,(H,25,28)(H,22,23,24). The Hall–Kier alpha value is -3.16. The Morgan fingerprint density at radius 3 is 3.04 bits per heavy atom. The topological polar surface area (TPSA) is 77.2 Å². The molecule has 3 heterocycles. The summed E-state index contributed by atoms with van der Waals surface area (Å²) >= 11 is 0. The van der Waals surface area contributed by atoms with Crippen molar-refractivity contribution in [2.45, 2.75) is 19.4 Å². The number of H-pyrrole nitrogens is 1. The number of rotatable bonds is 3. The predicted molar refractivity (Wildman–Crippen MR) is 107 cm³/mol. The van der Waals surface area contributed by atoms with Crippen LogP contribution < -0.4 is 10.2 Å². The molecule has 3 aromatic rings. The van der Waals surface area contributed by atoms with E-state index in [1.165, 1.54) is 12.1 Å². The minimum Gasteiger partial charge on any atom is -0.354 e. The molecule has 8 heteroatoms. The number of aromatic nitrogens is 3. The Morgan fingerprint density at radius 2 is 2.21 bits per heavy atom. The summed E-state index contributed by atoms with van der Waals surface area (Å²) in [6, 6.07) is 7.79. The van der Waals surface area contributed by atoms with Gasteiger partial charge in [0.15, 0.2) is 0 Å². The molecule has 2 unspecified atom stereocenters. The van der Waals surface area contributed by atoms with Crippen molar-refractivity contribution in [2.75, 3.05) is 30.4 Å². The highest BCUT2D eigenvalue weighted by molar-refractivity contribution is 5.90. The van der Waals surface area contributed by atoms with Crippen LogP contribution in [0, 0.1) is 11.7 Å². The summed E-state index contributed by atoms with van der Waals surface area (Å²) in [4.78, 5) is 28.4. The van der Waals surface area contributed by atoms with Crippen LogP contribution in [0.25, 0.3) is 11.0 Å². The fourth-order valence-corrected chi connectivity index (χ4v) is 3.80. The summed E-state index contributed by atoms with van der Waals surface area (Å²) in [6.45, 7) is 3.42. The molecule has 4 rings (SSSR count). The average molecular weight is 382 g/mol. The zero-order chi connectivity index (χ0) is 19.7. The minimum absolute atomic E-state index is 0.111. The van der Waals surface area contributed by atoms with Crippen LogP contribution in [-0.2, 0) is 0 Å². The summed E-state index contributed by atoms with van der Waals surface area (Å²) in [5.74, 6) is 0.865. The Bertz CT molecular complexity index is 989. The first-order valence-corrected chi connectivity index (χ1v) is 9.35. The van der Waals surface area contributed by atoms with Crippen molar-refractivity contribution in [2.24, 2.45) is 5.92 Å². The maximum atomic E-state index is 13.4. The number of carbonyl (C=O) groups is 1. The highest BCUT2D eigenvalue weighted by Crippen LogP contribution is 2.28. The fourth-order valence-electron chi connectivity index (χ4n) is 3.80. The van der Waals surface area contributed by atoms with Gasteiger partial charge in [0.25, 0.3) is 0 Å². The van der Waals surface area contributed by atoms with Crippen molar-refractivity contribution in [3.63, 3.8) is 0 Å². The van der Waals surface area contributed by atoms with Gasteiger partial charge < -0.3 is 20.1 Å². The number of hydrogen-bond donors (Lipinski definition) is 2. The summed E-state index contributed by atoms with van der Waals surface area (Å²) in [5, 5.41) is 3.75. The molecule has 7 nitrogen and oxygen atoms in total. The van der Waals surface area contributed by atoms with Crippen LogP contribution in [0.4, 0.5) is 20.7 Å². The number of piperidine rings is 1. The van der Waals surface area contributed by atoms with Gasteiger partial charge in [-0.05, 0) is 36.6 Å². The van der Waals surface area contributed by atoms with Gasteiger partial charge in [0.05, 0.1) is 11.4 Å². The Labute approximate surface area is 162 Å². The number of halogens is 1. The minimum atomic E-state index is -0.373. The van der Waals surface area contributed by atoms with Crippen LogP contribution in [0.1, 0.15) is 13.3 Å². The van der Waals surface area contributed by atoms with E-state index in [2.05, 4.69) is 32.1 Å². The monoisotopic (exact) mass is 382 g/mol. The molecule has 2 amide bonds. The molecule has 0 bridgehead atoms. The maximum absolute atomic E-state index is 13.4. The zero-order valence-corrected chi connectivity index (χ0v) is 15.9. The van der Waals surface area contributed by atoms with Gasteiger partial charge in [0.2, 0.25) is 0 Å². The predicted octanol–water partition coefficient (Wildman–Crippen LogP) is 3.48. The quantitative estimate of drug-likeness (QED) is 0.727. The zero-order valence-electron chi connectivity index (χ0n) is 15.9. The van der Waals surface area contributed by atoms with E-state index in [1.807, 2.05) is 19.3 Å². The lowest BCUT2D eigenvalue weighted by Gasteiger charge is -2.42. The highest BCUT2D eigenvalue weighted by Gasteiger charge is 2.32. The molecule has 1 aromatic carbocycles. The summed E-state index contributed by atoms with van der Waals surface area (Å²) in [6.07, 6.45) is 4.28. The van der Waals surface area contributed by atoms with Crippen LogP contribution in [0.2, 0.25) is 0 Å². The molecule has 0 aliphatic carbocycles. The van der Waals surface area contributed by atoms with Crippen molar-refractivity contribution in [3.8, 4) is 0 Å². The van der Waals surface area contributed by atoms with Gasteiger partial charge in [0, 0.05) is 32.0 Å². The lowest BCUT2D eigenvalue weighted by atomic mass is 9.92.